The second kappa shape index (κ2) is 17.2. The van der Waals surface area contributed by atoms with Gasteiger partial charge in [-0.2, -0.15) is 0 Å². The van der Waals surface area contributed by atoms with Crippen LogP contribution in [-0.4, -0.2) is 27.4 Å². The number of allylic oxidation sites excluding steroid dienone is 1. The molecule has 19 rings (SSSR count). The lowest BCUT2D eigenvalue weighted by atomic mass is 10.0. The summed E-state index contributed by atoms with van der Waals surface area (Å²) in [6.45, 7) is 0. The molecule has 1 aliphatic carbocycles. The first-order valence-corrected chi connectivity index (χ1v) is 29.2. The molecular weight excluding hydrogens is 1020 g/mol. The maximum absolute atomic E-state index is 2.60. The summed E-state index contributed by atoms with van der Waals surface area (Å²) in [5, 5.41) is 13.7. The lowest BCUT2D eigenvalue weighted by molar-refractivity contribution is 0.889. The van der Waals surface area contributed by atoms with Crippen molar-refractivity contribution in [3.8, 4) is 34.1 Å². The molecule has 6 heteroatoms. The Balaban J connectivity index is 0.842. The number of nitrogens with zero attached hydrogens (tertiary/aromatic N) is 6. The average molecular weight is 1070 g/mol. The van der Waals surface area contributed by atoms with Crippen molar-refractivity contribution < 1.29 is 0 Å². The number of rotatable bonds is 6. The predicted molar refractivity (Wildman–Crippen MR) is 352 cm³/mol. The van der Waals surface area contributed by atoms with E-state index >= 15 is 0 Å². The maximum atomic E-state index is 2.60. The molecule has 0 atom stereocenters. The number of para-hydroxylation sites is 7. The fraction of sp³-hybridized carbons (Fsp3) is 0.0256. The zero-order valence-electron chi connectivity index (χ0n) is 45.7. The van der Waals surface area contributed by atoms with Crippen LogP contribution in [-0.2, 0) is 6.42 Å². The summed E-state index contributed by atoms with van der Waals surface area (Å²) in [4.78, 5) is 0. The second-order valence-corrected chi connectivity index (χ2v) is 22.7. The highest BCUT2D eigenvalue weighted by Crippen LogP contribution is 2.46. The summed E-state index contributed by atoms with van der Waals surface area (Å²) in [6, 6.07) is 99.2. The lowest BCUT2D eigenvalue weighted by Gasteiger charge is -2.16. The summed E-state index contributed by atoms with van der Waals surface area (Å²) in [5.74, 6) is 0. The molecule has 6 aromatic heterocycles. The van der Waals surface area contributed by atoms with Crippen LogP contribution in [0.2, 0.25) is 0 Å². The van der Waals surface area contributed by atoms with E-state index in [0.717, 1.165) is 52.5 Å². The van der Waals surface area contributed by atoms with Crippen LogP contribution in [0.1, 0.15) is 17.7 Å². The molecule has 392 valence electrons. The predicted octanol–water partition coefficient (Wildman–Crippen LogP) is 20.1. The van der Waals surface area contributed by atoms with E-state index in [1.54, 1.807) is 0 Å². The Labute approximate surface area is 482 Å². The molecule has 0 bridgehead atoms. The van der Waals surface area contributed by atoms with Gasteiger partial charge in [-0.3, -0.25) is 0 Å². The van der Waals surface area contributed by atoms with Crippen molar-refractivity contribution in [3.05, 3.63) is 284 Å². The van der Waals surface area contributed by atoms with Gasteiger partial charge in [-0.15, -0.1) is 0 Å². The van der Waals surface area contributed by atoms with Crippen molar-refractivity contribution >= 4 is 126 Å². The third-order valence-electron chi connectivity index (χ3n) is 18.4. The van der Waals surface area contributed by atoms with Gasteiger partial charge >= 0.3 is 0 Å². The van der Waals surface area contributed by atoms with Gasteiger partial charge in [-0.05, 0) is 116 Å². The third kappa shape index (κ3) is 6.18. The van der Waals surface area contributed by atoms with Gasteiger partial charge in [0.1, 0.15) is 0 Å². The van der Waals surface area contributed by atoms with Gasteiger partial charge in [0.25, 0.3) is 0 Å². The first kappa shape index (κ1) is 45.6. The van der Waals surface area contributed by atoms with Crippen LogP contribution < -0.4 is 0 Å². The average Bonchev–Trinajstić information content (AvgIpc) is 1.84. The molecule has 0 N–H and O–H groups in total. The third-order valence-corrected chi connectivity index (χ3v) is 18.4. The second-order valence-electron chi connectivity index (χ2n) is 22.7. The molecule has 84 heavy (non-hydrogen) atoms. The minimum Gasteiger partial charge on any atom is -0.312 e. The Bertz CT molecular complexity index is 5770. The van der Waals surface area contributed by atoms with Gasteiger partial charge < -0.3 is 27.4 Å². The molecule has 0 spiro atoms. The smallest absolute Gasteiger partial charge is 0.0788 e. The highest BCUT2D eigenvalue weighted by molar-refractivity contribution is 6.25. The molecule has 6 nitrogen and oxygen atoms in total. The molecule has 1 aliphatic rings. The van der Waals surface area contributed by atoms with Crippen molar-refractivity contribution in [3.63, 3.8) is 0 Å². The maximum Gasteiger partial charge on any atom is 0.0788 e. The molecule has 0 unspecified atom stereocenters. The van der Waals surface area contributed by atoms with E-state index in [-0.39, 0.29) is 0 Å². The van der Waals surface area contributed by atoms with Gasteiger partial charge in [0.05, 0.1) is 60.7 Å². The van der Waals surface area contributed by atoms with Crippen molar-refractivity contribution in [2.45, 2.75) is 12.8 Å². The highest BCUT2D eigenvalue weighted by atomic mass is 15.1. The highest BCUT2D eigenvalue weighted by Gasteiger charge is 2.27. The Morgan fingerprint density at radius 1 is 0.226 bits per heavy atom. The van der Waals surface area contributed by atoms with Crippen molar-refractivity contribution in [1.29, 1.82) is 0 Å². The molecule has 0 amide bonds. The molecule has 0 aliphatic heterocycles. The zero-order valence-corrected chi connectivity index (χ0v) is 45.7. The van der Waals surface area contributed by atoms with E-state index in [9.17, 15) is 0 Å². The minimum absolute atomic E-state index is 0.959. The fourth-order valence-electron chi connectivity index (χ4n) is 15.1. The van der Waals surface area contributed by atoms with Gasteiger partial charge in [-0.25, -0.2) is 0 Å². The molecule has 18 aromatic rings. The molecule has 12 aromatic carbocycles. The molecule has 0 saturated carbocycles. The number of benzene rings is 12. The molecule has 0 saturated heterocycles. The molecule has 0 radical (unpaired) electrons. The molecular formula is C78H50N6. The van der Waals surface area contributed by atoms with Gasteiger partial charge in [-0.1, -0.05) is 176 Å². The van der Waals surface area contributed by atoms with E-state index in [2.05, 4.69) is 306 Å². The largest absolute Gasteiger partial charge is 0.312 e. The quantitative estimate of drug-likeness (QED) is 0.159. The summed E-state index contributed by atoms with van der Waals surface area (Å²) in [7, 11) is 0. The van der Waals surface area contributed by atoms with Crippen molar-refractivity contribution in [2.24, 2.45) is 0 Å². The van der Waals surface area contributed by atoms with Gasteiger partial charge in [0.2, 0.25) is 0 Å². The van der Waals surface area contributed by atoms with Gasteiger partial charge in [0, 0.05) is 105 Å². The van der Waals surface area contributed by atoms with E-state index in [1.165, 1.54) is 126 Å². The standard InChI is InChI=1S/C78H50N6/c1-9-34-66-55(26-1)56-27-2-10-35-67(56)79(66)49-20-17-23-52(46-49)82-70-38-13-5-30-59(70)62-44-45-74-75(76(62)82)65-33-8-16-41-73(65)81(74)51-22-19-25-54(48-51)84-72-40-15-7-32-61(72)64-43-42-63-60-31-6-14-39-71(60)83(77(63)78(64)84)53-24-18-21-50(47-53)80-68-36-11-3-28-57(68)58-29-4-12-37-69(58)80/h1-12,14-37,39-48H,13,38H2. The topological polar surface area (TPSA) is 29.6 Å². The van der Waals surface area contributed by atoms with Crippen molar-refractivity contribution in [2.75, 3.05) is 0 Å². The minimum atomic E-state index is 0.959. The molecule has 6 heterocycles. The van der Waals surface area contributed by atoms with Crippen LogP contribution >= 0.6 is 0 Å². The van der Waals surface area contributed by atoms with Crippen LogP contribution in [0.25, 0.3) is 160 Å². The van der Waals surface area contributed by atoms with Crippen LogP contribution in [0.3, 0.4) is 0 Å². The Hall–Kier alpha value is -11.1. The lowest BCUT2D eigenvalue weighted by Crippen LogP contribution is -2.04. The summed E-state index contributed by atoms with van der Waals surface area (Å²) in [5.41, 5.74) is 22.5. The summed E-state index contributed by atoms with van der Waals surface area (Å²) >= 11 is 0. The zero-order chi connectivity index (χ0) is 54.7. The summed E-state index contributed by atoms with van der Waals surface area (Å²) in [6.07, 6.45) is 6.68. The Morgan fingerprint density at radius 2 is 0.548 bits per heavy atom. The first-order valence-electron chi connectivity index (χ1n) is 29.2. The van der Waals surface area contributed by atoms with Crippen molar-refractivity contribution in [1.82, 2.24) is 27.4 Å². The van der Waals surface area contributed by atoms with Gasteiger partial charge in [0.15, 0.2) is 0 Å². The van der Waals surface area contributed by atoms with E-state index in [0.29, 0.717) is 0 Å². The number of hydrogen-bond donors (Lipinski definition) is 0. The monoisotopic (exact) mass is 1070 g/mol. The first-order chi connectivity index (χ1) is 41.7. The SMILES string of the molecule is C1=Cc2c(n(-c3cccc(-n4c5ccccc5c5ccccc54)c3)c3c2ccc2c3c3ccccc3n2-c2cccc(-n3c4ccccc4c4ccc5c6ccccc6n(-c6cccc(-n7c8ccccc8c8ccccc87)c6)c5c43)c2)CC1. The van der Waals surface area contributed by atoms with Crippen LogP contribution in [0.4, 0.5) is 0 Å². The summed E-state index contributed by atoms with van der Waals surface area (Å²) < 4.78 is 15.0. The number of hydrogen-bond acceptors (Lipinski definition) is 0. The molecule has 0 fully saturated rings. The van der Waals surface area contributed by atoms with E-state index in [4.69, 9.17) is 0 Å². The van der Waals surface area contributed by atoms with Crippen LogP contribution in [0.15, 0.2) is 273 Å². The number of aromatic nitrogens is 6. The normalized spacial score (nSPS) is 12.9. The van der Waals surface area contributed by atoms with E-state index < -0.39 is 0 Å². The number of fused-ring (bicyclic) bond motifs is 20. The fourth-order valence-corrected chi connectivity index (χ4v) is 15.1. The van der Waals surface area contributed by atoms with E-state index in [1.807, 2.05) is 0 Å². The Morgan fingerprint density at radius 3 is 0.976 bits per heavy atom. The van der Waals surface area contributed by atoms with Crippen LogP contribution in [0.5, 0.6) is 0 Å². The van der Waals surface area contributed by atoms with Crippen LogP contribution in [0, 0.1) is 0 Å². The Kier molecular flexibility index (Phi) is 9.36.